The molecule has 2 aliphatic rings. The molecule has 1 atom stereocenters. The van der Waals surface area contributed by atoms with Crippen LogP contribution in [0.1, 0.15) is 53.6 Å². The van der Waals surface area contributed by atoms with E-state index in [1.54, 1.807) is 35.8 Å². The number of esters is 1. The van der Waals surface area contributed by atoms with Gasteiger partial charge in [-0.2, -0.15) is 0 Å². The van der Waals surface area contributed by atoms with Crippen LogP contribution < -0.4 is 10.3 Å². The topological polar surface area (TPSA) is 117 Å². The molecule has 0 unspecified atom stereocenters. The fourth-order valence-electron chi connectivity index (χ4n) is 5.56. The molecule has 0 amide bonds. The lowest BCUT2D eigenvalue weighted by atomic mass is 9.86. The van der Waals surface area contributed by atoms with E-state index < -0.39 is 17.7 Å². The van der Waals surface area contributed by atoms with Crippen molar-refractivity contribution in [3.05, 3.63) is 92.3 Å². The molecule has 0 aliphatic carbocycles. The molecular formula is C31H28N2O7. The van der Waals surface area contributed by atoms with Crippen molar-refractivity contribution in [3.63, 3.8) is 0 Å². The van der Waals surface area contributed by atoms with Gasteiger partial charge in [0.15, 0.2) is 5.60 Å². The minimum absolute atomic E-state index is 0.0795. The first kappa shape index (κ1) is 25.8. The van der Waals surface area contributed by atoms with Crippen molar-refractivity contribution in [2.75, 3.05) is 0 Å². The predicted octanol–water partition coefficient (Wildman–Crippen LogP) is 4.67. The summed E-state index contributed by atoms with van der Waals surface area (Å²) in [6.45, 7) is 5.89. The zero-order valence-electron chi connectivity index (χ0n) is 22.4. The Kier molecular flexibility index (Phi) is 6.18. The van der Waals surface area contributed by atoms with Gasteiger partial charge in [0.1, 0.15) is 19.0 Å². The Labute approximate surface area is 229 Å². The van der Waals surface area contributed by atoms with Crippen LogP contribution in [0.25, 0.3) is 22.3 Å². The molecular weight excluding hydrogens is 512 g/mol. The van der Waals surface area contributed by atoms with Gasteiger partial charge in [-0.05, 0) is 55.2 Å². The van der Waals surface area contributed by atoms with E-state index in [0.29, 0.717) is 35.6 Å². The second-order valence-corrected chi connectivity index (χ2v) is 10.2. The fourth-order valence-corrected chi connectivity index (χ4v) is 5.56. The highest BCUT2D eigenvalue weighted by Crippen LogP contribution is 2.40. The Morgan fingerprint density at radius 1 is 1.10 bits per heavy atom. The highest BCUT2D eigenvalue weighted by molar-refractivity contribution is 5.90. The van der Waals surface area contributed by atoms with Crippen LogP contribution >= 0.6 is 0 Å². The third-order valence-electron chi connectivity index (χ3n) is 7.81. The van der Waals surface area contributed by atoms with Gasteiger partial charge in [-0.3, -0.25) is 4.79 Å². The summed E-state index contributed by atoms with van der Waals surface area (Å²) in [5, 5.41) is 11.9. The van der Waals surface area contributed by atoms with Crippen molar-refractivity contribution in [1.82, 2.24) is 9.55 Å². The normalized spacial score (nSPS) is 17.1. The van der Waals surface area contributed by atoms with Gasteiger partial charge >= 0.3 is 12.1 Å². The molecule has 4 aromatic rings. The number of aryl methyl sites for hydroxylation is 2. The quantitative estimate of drug-likeness (QED) is 0.253. The van der Waals surface area contributed by atoms with Crippen LogP contribution in [0, 0.1) is 6.92 Å². The molecule has 9 nitrogen and oxygen atoms in total. The van der Waals surface area contributed by atoms with Crippen molar-refractivity contribution in [2.24, 2.45) is 0 Å². The van der Waals surface area contributed by atoms with Gasteiger partial charge in [-0.1, -0.05) is 43.7 Å². The Morgan fingerprint density at radius 3 is 2.60 bits per heavy atom. The van der Waals surface area contributed by atoms with Gasteiger partial charge in [0.05, 0.1) is 29.0 Å². The predicted molar refractivity (Wildman–Crippen MR) is 146 cm³/mol. The molecule has 0 bridgehead atoms. The molecule has 2 aliphatic heterocycles. The molecule has 9 heteroatoms. The fraction of sp³-hybridized carbons (Fsp3) is 0.290. The van der Waals surface area contributed by atoms with Crippen LogP contribution in [0.5, 0.6) is 5.75 Å². The molecule has 40 heavy (non-hydrogen) atoms. The number of rotatable bonds is 5. The van der Waals surface area contributed by atoms with Crippen molar-refractivity contribution in [2.45, 2.75) is 59.0 Å². The largest absolute Gasteiger partial charge is 0.514 e. The molecule has 1 N–H and O–H groups in total. The van der Waals surface area contributed by atoms with Crippen LogP contribution in [0.3, 0.4) is 0 Å². The number of ether oxygens (including phenoxy) is 3. The molecule has 0 spiro atoms. The third kappa shape index (κ3) is 4.05. The first-order valence-corrected chi connectivity index (χ1v) is 13.3. The number of nitrogens with zero attached hydrogens (tertiary/aromatic N) is 2. The lowest BCUT2D eigenvalue weighted by molar-refractivity contribution is -0.172. The summed E-state index contributed by atoms with van der Waals surface area (Å²) in [6.07, 6.45) is -0.0845. The number of pyridine rings is 2. The van der Waals surface area contributed by atoms with Gasteiger partial charge in [-0.25, -0.2) is 14.6 Å². The monoisotopic (exact) mass is 540 g/mol. The Morgan fingerprint density at radius 2 is 1.88 bits per heavy atom. The maximum absolute atomic E-state index is 13.5. The van der Waals surface area contributed by atoms with Crippen LogP contribution in [-0.2, 0) is 46.0 Å². The van der Waals surface area contributed by atoms with E-state index in [1.807, 2.05) is 38.1 Å². The van der Waals surface area contributed by atoms with E-state index in [0.717, 1.165) is 27.6 Å². The number of benzene rings is 2. The number of carbonyl (C=O) groups is 2. The van der Waals surface area contributed by atoms with E-state index >= 15 is 0 Å². The lowest BCUT2D eigenvalue weighted by Gasteiger charge is -2.31. The second-order valence-electron chi connectivity index (χ2n) is 10.2. The zero-order chi connectivity index (χ0) is 28.2. The first-order chi connectivity index (χ1) is 19.2. The summed E-state index contributed by atoms with van der Waals surface area (Å²) in [6, 6.07) is 14.6. The van der Waals surface area contributed by atoms with Crippen LogP contribution in [0.4, 0.5) is 4.79 Å². The molecule has 2 aromatic carbocycles. The van der Waals surface area contributed by atoms with Crippen molar-refractivity contribution < 1.29 is 28.9 Å². The molecule has 0 saturated heterocycles. The third-order valence-corrected chi connectivity index (χ3v) is 7.81. The standard InChI is InChI=1S/C31H28N2O7/c1-4-20-21-12-19(40-30(36)39-15-18-8-6-17(3)7-9-18)10-11-25(21)32-27-22(20)14-33-26(27)13-24-23(28(33)34)16-38-29(35)31(24,37)5-2/h6-13,37H,4-5,14-16H2,1-3H3/t31-/m1/s1. The molecule has 6 rings (SSSR count). The highest BCUT2D eigenvalue weighted by Gasteiger charge is 2.45. The second kappa shape index (κ2) is 9.60. The van der Waals surface area contributed by atoms with Crippen molar-refractivity contribution >= 4 is 23.0 Å². The van der Waals surface area contributed by atoms with E-state index in [9.17, 15) is 19.5 Å². The van der Waals surface area contributed by atoms with Crippen LogP contribution in [0.15, 0.2) is 53.3 Å². The molecule has 204 valence electrons. The average Bonchev–Trinajstić information content (AvgIpc) is 3.32. The van der Waals surface area contributed by atoms with Gasteiger partial charge in [0.25, 0.3) is 5.56 Å². The maximum atomic E-state index is 13.5. The van der Waals surface area contributed by atoms with Gasteiger partial charge in [-0.15, -0.1) is 0 Å². The number of fused-ring (bicyclic) bond motifs is 5. The number of carbonyl (C=O) groups excluding carboxylic acids is 2. The molecule has 2 aromatic heterocycles. The van der Waals surface area contributed by atoms with Crippen molar-refractivity contribution in [3.8, 4) is 17.1 Å². The number of hydrogen-bond acceptors (Lipinski definition) is 8. The highest BCUT2D eigenvalue weighted by atomic mass is 16.7. The van der Waals surface area contributed by atoms with E-state index in [2.05, 4.69) is 0 Å². The summed E-state index contributed by atoms with van der Waals surface area (Å²) < 4.78 is 17.5. The summed E-state index contributed by atoms with van der Waals surface area (Å²) in [5.74, 6) is -0.430. The molecule has 0 radical (unpaired) electrons. The summed E-state index contributed by atoms with van der Waals surface area (Å²) in [7, 11) is 0. The maximum Gasteiger partial charge on any atom is 0.514 e. The van der Waals surface area contributed by atoms with Gasteiger partial charge < -0.3 is 23.9 Å². The smallest absolute Gasteiger partial charge is 0.458 e. The number of aliphatic hydroxyl groups is 1. The van der Waals surface area contributed by atoms with Crippen molar-refractivity contribution in [1.29, 1.82) is 0 Å². The van der Waals surface area contributed by atoms with E-state index in [4.69, 9.17) is 19.2 Å². The number of cyclic esters (lactones) is 1. The van der Waals surface area contributed by atoms with Crippen LogP contribution in [-0.4, -0.2) is 26.8 Å². The molecule has 4 heterocycles. The van der Waals surface area contributed by atoms with E-state index in [-0.39, 0.29) is 36.3 Å². The van der Waals surface area contributed by atoms with Gasteiger partial charge in [0.2, 0.25) is 0 Å². The minimum atomic E-state index is -1.88. The Balaban J connectivity index is 1.35. The first-order valence-electron chi connectivity index (χ1n) is 13.3. The minimum Gasteiger partial charge on any atom is -0.458 e. The van der Waals surface area contributed by atoms with Crippen LogP contribution in [0.2, 0.25) is 0 Å². The van der Waals surface area contributed by atoms with E-state index in [1.165, 1.54) is 0 Å². The Hall–Kier alpha value is -4.50. The molecule has 0 saturated carbocycles. The number of hydrogen-bond donors (Lipinski definition) is 1. The Bertz CT molecular complexity index is 1760. The molecule has 0 fully saturated rings. The summed E-state index contributed by atoms with van der Waals surface area (Å²) in [5.41, 5.74) is 4.05. The summed E-state index contributed by atoms with van der Waals surface area (Å²) >= 11 is 0. The number of aromatic nitrogens is 2. The average molecular weight is 541 g/mol. The van der Waals surface area contributed by atoms with Gasteiger partial charge in [0, 0.05) is 16.5 Å². The SMILES string of the molecule is CCc1c2c(nc3ccc(OC(=O)OCc4ccc(C)cc4)cc13)-c1cc3c(c(=O)n1C2)COC(=O)[C@@]3(O)CC. The zero-order valence-corrected chi connectivity index (χ0v) is 22.4. The lowest BCUT2D eigenvalue weighted by Crippen LogP contribution is -2.44. The summed E-state index contributed by atoms with van der Waals surface area (Å²) in [4.78, 5) is 43.2.